The van der Waals surface area contributed by atoms with E-state index in [0.717, 1.165) is 0 Å². The molecule has 22 heavy (non-hydrogen) atoms. The van der Waals surface area contributed by atoms with Gasteiger partial charge < -0.3 is 5.32 Å². The molecule has 1 amide bonds. The topological polar surface area (TPSA) is 46.4 Å². The van der Waals surface area contributed by atoms with Crippen LogP contribution >= 0.6 is 11.6 Å². The van der Waals surface area contributed by atoms with Gasteiger partial charge in [-0.05, 0) is 43.3 Å². The van der Waals surface area contributed by atoms with E-state index in [1.165, 1.54) is 12.1 Å². The number of hydrogen-bond donors (Lipinski definition) is 1. The number of hydrogen-bond acceptors (Lipinski definition) is 2. The predicted octanol–water partition coefficient (Wildman–Crippen LogP) is 3.71. The highest BCUT2D eigenvalue weighted by atomic mass is 35.5. The van der Waals surface area contributed by atoms with E-state index in [1.54, 1.807) is 29.7 Å². The molecule has 0 fully saturated rings. The molecular weight excluding hydrogens is 305 g/mol. The second kappa shape index (κ2) is 5.77. The number of rotatable bonds is 3. The largest absolute Gasteiger partial charge is 0.309 e. The third kappa shape index (κ3) is 2.67. The number of pyridine rings is 1. The van der Waals surface area contributed by atoms with Gasteiger partial charge >= 0.3 is 0 Å². The first kappa shape index (κ1) is 14.5. The summed E-state index contributed by atoms with van der Waals surface area (Å²) in [6.45, 7) is 1.59. The number of fused-ring (bicyclic) bond motifs is 1. The summed E-state index contributed by atoms with van der Waals surface area (Å²) in [6, 6.07) is 11.5. The Morgan fingerprint density at radius 1 is 1.27 bits per heavy atom. The molecule has 2 heterocycles. The Bertz CT molecular complexity index is 827. The van der Waals surface area contributed by atoms with E-state index in [2.05, 4.69) is 10.3 Å². The number of amides is 1. The monoisotopic (exact) mass is 317 g/mol. The van der Waals surface area contributed by atoms with Crippen LogP contribution in [0.3, 0.4) is 0 Å². The lowest BCUT2D eigenvalue weighted by Gasteiger charge is -2.08. The average molecular weight is 318 g/mol. The van der Waals surface area contributed by atoms with Crippen LogP contribution in [0.25, 0.3) is 16.9 Å². The summed E-state index contributed by atoms with van der Waals surface area (Å²) in [4.78, 5) is 16.5. The normalized spacial score (nSPS) is 12.3. The van der Waals surface area contributed by atoms with Gasteiger partial charge in [-0.25, -0.2) is 9.37 Å². The second-order valence-electron chi connectivity index (χ2n) is 4.85. The van der Waals surface area contributed by atoms with E-state index in [-0.39, 0.29) is 11.7 Å². The Kier molecular flexibility index (Phi) is 3.81. The van der Waals surface area contributed by atoms with Crippen molar-refractivity contribution in [3.05, 3.63) is 54.5 Å². The van der Waals surface area contributed by atoms with Gasteiger partial charge in [-0.15, -0.1) is 11.6 Å². The summed E-state index contributed by atoms with van der Waals surface area (Å²) >= 11 is 5.82. The molecule has 6 heteroatoms. The minimum atomic E-state index is -0.671. The van der Waals surface area contributed by atoms with E-state index in [1.807, 2.05) is 18.2 Å². The third-order valence-electron chi connectivity index (χ3n) is 3.25. The summed E-state index contributed by atoms with van der Waals surface area (Å²) in [5.41, 5.74) is 1.96. The summed E-state index contributed by atoms with van der Waals surface area (Å²) in [7, 11) is 0. The fourth-order valence-corrected chi connectivity index (χ4v) is 2.20. The Hall–Kier alpha value is -2.40. The minimum Gasteiger partial charge on any atom is -0.309 e. The SMILES string of the molecule is CC(Cl)C(=O)Nc1c(-c2ccc(F)cc2)nc2ccccn12. The first-order valence-corrected chi connectivity index (χ1v) is 7.18. The Labute approximate surface area is 131 Å². The molecule has 0 aliphatic heterocycles. The van der Waals surface area contributed by atoms with Gasteiger partial charge in [0.1, 0.15) is 28.4 Å². The number of halogens is 2. The smallest absolute Gasteiger partial charge is 0.243 e. The van der Waals surface area contributed by atoms with Crippen LogP contribution in [-0.4, -0.2) is 20.7 Å². The summed E-state index contributed by atoms with van der Waals surface area (Å²) < 4.78 is 14.9. The Balaban J connectivity index is 2.16. The number of alkyl halides is 1. The summed E-state index contributed by atoms with van der Waals surface area (Å²) in [5, 5.41) is 2.11. The zero-order valence-corrected chi connectivity index (χ0v) is 12.5. The highest BCUT2D eigenvalue weighted by Gasteiger charge is 2.18. The van der Waals surface area contributed by atoms with Gasteiger partial charge in [0, 0.05) is 11.8 Å². The first-order valence-electron chi connectivity index (χ1n) is 6.74. The lowest BCUT2D eigenvalue weighted by molar-refractivity contribution is -0.115. The van der Waals surface area contributed by atoms with Gasteiger partial charge in [0.05, 0.1) is 0 Å². The van der Waals surface area contributed by atoms with E-state index < -0.39 is 5.38 Å². The van der Waals surface area contributed by atoms with Crippen molar-refractivity contribution in [3.8, 4) is 11.3 Å². The first-order chi connectivity index (χ1) is 10.6. The van der Waals surface area contributed by atoms with Crippen molar-refractivity contribution in [1.29, 1.82) is 0 Å². The Morgan fingerprint density at radius 3 is 2.68 bits per heavy atom. The fraction of sp³-hybridized carbons (Fsp3) is 0.125. The second-order valence-corrected chi connectivity index (χ2v) is 5.50. The fourth-order valence-electron chi connectivity index (χ4n) is 2.14. The van der Waals surface area contributed by atoms with Crippen LogP contribution < -0.4 is 5.32 Å². The van der Waals surface area contributed by atoms with Gasteiger partial charge in [0.15, 0.2) is 0 Å². The number of carbonyl (C=O) groups excluding carboxylic acids is 1. The molecule has 1 atom stereocenters. The van der Waals surface area contributed by atoms with Crippen LogP contribution in [0.5, 0.6) is 0 Å². The standard InChI is InChI=1S/C16H13ClFN3O/c1-10(17)16(22)20-15-14(11-5-7-12(18)8-6-11)19-13-4-2-3-9-21(13)15/h2-10H,1H3,(H,20,22). The Morgan fingerprint density at radius 2 is 2.00 bits per heavy atom. The zero-order valence-electron chi connectivity index (χ0n) is 11.8. The molecule has 1 aromatic carbocycles. The van der Waals surface area contributed by atoms with Crippen molar-refractivity contribution in [1.82, 2.24) is 9.38 Å². The number of benzene rings is 1. The van der Waals surface area contributed by atoms with Crippen molar-refractivity contribution in [2.45, 2.75) is 12.3 Å². The molecule has 1 unspecified atom stereocenters. The summed E-state index contributed by atoms with van der Waals surface area (Å²) in [5.74, 6) is -0.136. The molecule has 0 saturated heterocycles. The van der Waals surface area contributed by atoms with Crippen molar-refractivity contribution in [2.24, 2.45) is 0 Å². The third-order valence-corrected chi connectivity index (χ3v) is 3.45. The van der Waals surface area contributed by atoms with Crippen LogP contribution in [0.2, 0.25) is 0 Å². The zero-order chi connectivity index (χ0) is 15.7. The molecule has 0 radical (unpaired) electrons. The minimum absolute atomic E-state index is 0.323. The quantitative estimate of drug-likeness (QED) is 0.749. The number of carbonyl (C=O) groups is 1. The van der Waals surface area contributed by atoms with E-state index in [0.29, 0.717) is 22.7 Å². The van der Waals surface area contributed by atoms with E-state index >= 15 is 0 Å². The molecule has 0 aliphatic carbocycles. The van der Waals surface area contributed by atoms with Gasteiger partial charge in [0.25, 0.3) is 0 Å². The van der Waals surface area contributed by atoms with Crippen molar-refractivity contribution < 1.29 is 9.18 Å². The molecule has 3 rings (SSSR count). The van der Waals surface area contributed by atoms with Crippen molar-refractivity contribution in [2.75, 3.05) is 5.32 Å². The van der Waals surface area contributed by atoms with Crippen LogP contribution in [0.1, 0.15) is 6.92 Å². The number of anilines is 1. The highest BCUT2D eigenvalue weighted by molar-refractivity contribution is 6.32. The molecular formula is C16H13ClFN3O. The number of imidazole rings is 1. The predicted molar refractivity (Wildman–Crippen MR) is 84.5 cm³/mol. The van der Waals surface area contributed by atoms with E-state index in [4.69, 9.17) is 11.6 Å². The molecule has 0 bridgehead atoms. The van der Waals surface area contributed by atoms with E-state index in [9.17, 15) is 9.18 Å². The molecule has 0 spiro atoms. The van der Waals surface area contributed by atoms with Gasteiger partial charge in [-0.1, -0.05) is 6.07 Å². The molecule has 0 saturated carbocycles. The van der Waals surface area contributed by atoms with Crippen LogP contribution in [0.4, 0.5) is 10.2 Å². The van der Waals surface area contributed by atoms with Crippen LogP contribution in [0.15, 0.2) is 48.7 Å². The van der Waals surface area contributed by atoms with Crippen molar-refractivity contribution in [3.63, 3.8) is 0 Å². The lowest BCUT2D eigenvalue weighted by atomic mass is 10.1. The molecule has 4 nitrogen and oxygen atoms in total. The van der Waals surface area contributed by atoms with Crippen LogP contribution in [-0.2, 0) is 4.79 Å². The lowest BCUT2D eigenvalue weighted by Crippen LogP contribution is -2.21. The molecule has 0 aliphatic rings. The van der Waals surface area contributed by atoms with Crippen LogP contribution in [0, 0.1) is 5.82 Å². The van der Waals surface area contributed by atoms with Crippen molar-refractivity contribution >= 4 is 29.0 Å². The molecule has 3 aromatic rings. The summed E-state index contributed by atoms with van der Waals surface area (Å²) in [6.07, 6.45) is 1.80. The van der Waals surface area contributed by atoms with Gasteiger partial charge in [-0.3, -0.25) is 9.20 Å². The molecule has 2 aromatic heterocycles. The van der Waals surface area contributed by atoms with Gasteiger partial charge in [-0.2, -0.15) is 0 Å². The average Bonchev–Trinajstić information content (AvgIpc) is 2.87. The number of nitrogens with zero attached hydrogens (tertiary/aromatic N) is 2. The maximum atomic E-state index is 13.1. The molecule has 112 valence electrons. The van der Waals surface area contributed by atoms with Gasteiger partial charge in [0.2, 0.25) is 5.91 Å². The molecule has 1 N–H and O–H groups in total. The maximum Gasteiger partial charge on any atom is 0.243 e. The number of nitrogens with one attached hydrogen (secondary N) is 1. The highest BCUT2D eigenvalue weighted by Crippen LogP contribution is 2.29. The maximum absolute atomic E-state index is 13.1. The number of aromatic nitrogens is 2.